The highest BCUT2D eigenvalue weighted by atomic mass is 35.5. The largest absolute Gasteiger partial charge is 0.325 e. The van der Waals surface area contributed by atoms with E-state index in [4.69, 9.17) is 11.6 Å². The Hall–Kier alpha value is -3.11. The van der Waals surface area contributed by atoms with E-state index in [1.807, 2.05) is 0 Å². The van der Waals surface area contributed by atoms with Crippen molar-refractivity contribution in [3.63, 3.8) is 0 Å². The molecule has 0 fully saturated rings. The first-order valence-electron chi connectivity index (χ1n) is 8.23. The first-order chi connectivity index (χ1) is 13.5. The number of halogens is 1. The summed E-state index contributed by atoms with van der Waals surface area (Å²) < 4.78 is 1.54. The van der Waals surface area contributed by atoms with E-state index in [0.717, 1.165) is 5.69 Å². The highest BCUT2D eigenvalue weighted by Crippen LogP contribution is 2.25. The topological polar surface area (TPSA) is 121 Å². The smallest absolute Gasteiger partial charge is 0.323 e. The van der Waals surface area contributed by atoms with E-state index in [9.17, 15) is 9.59 Å². The maximum Gasteiger partial charge on any atom is 0.323 e. The van der Waals surface area contributed by atoms with Crippen molar-refractivity contribution in [2.24, 2.45) is 0 Å². The average molecular weight is 416 g/mol. The number of thioether (sulfide) groups is 1. The standard InChI is InChI=1S/C17H14ClN7O2S/c1-9(15(26)19-11-4-7-13-14(8-11)21-16(27)20-13)28-17-22-23-24-25(17)12-5-2-10(18)3-6-12/h2-9H,1H3,(H,19,26)(H2,20,21,27). The van der Waals surface area contributed by atoms with Gasteiger partial charge < -0.3 is 15.3 Å². The first kappa shape index (κ1) is 18.3. The number of benzene rings is 2. The van der Waals surface area contributed by atoms with Gasteiger partial charge in [0.2, 0.25) is 11.1 Å². The van der Waals surface area contributed by atoms with Gasteiger partial charge in [0.15, 0.2) is 0 Å². The van der Waals surface area contributed by atoms with Gasteiger partial charge in [-0.2, -0.15) is 4.68 Å². The number of H-pyrrole nitrogens is 2. The minimum atomic E-state index is -0.460. The molecule has 1 amide bonds. The zero-order chi connectivity index (χ0) is 19.7. The predicted octanol–water partition coefficient (Wildman–Crippen LogP) is 2.60. The molecule has 2 aromatic carbocycles. The number of imidazole rings is 1. The monoisotopic (exact) mass is 415 g/mol. The van der Waals surface area contributed by atoms with Crippen LogP contribution in [0.1, 0.15) is 6.92 Å². The van der Waals surface area contributed by atoms with E-state index in [1.54, 1.807) is 54.1 Å². The van der Waals surface area contributed by atoms with Crippen LogP contribution in [0.15, 0.2) is 52.4 Å². The molecule has 1 atom stereocenters. The number of amides is 1. The summed E-state index contributed by atoms with van der Waals surface area (Å²) in [6.07, 6.45) is 0. The second-order valence-corrected chi connectivity index (χ2v) is 7.68. The molecule has 11 heteroatoms. The maximum atomic E-state index is 12.6. The van der Waals surface area contributed by atoms with Gasteiger partial charge in [0, 0.05) is 10.7 Å². The van der Waals surface area contributed by atoms with Gasteiger partial charge in [0.05, 0.1) is 22.0 Å². The Labute approximate surface area is 167 Å². The number of hydrogen-bond acceptors (Lipinski definition) is 6. The molecule has 1 unspecified atom stereocenters. The quantitative estimate of drug-likeness (QED) is 0.431. The molecule has 0 aliphatic heterocycles. The fourth-order valence-electron chi connectivity index (χ4n) is 2.56. The third-order valence-electron chi connectivity index (χ3n) is 3.95. The van der Waals surface area contributed by atoms with E-state index in [1.165, 1.54) is 11.8 Å². The fraction of sp³-hybridized carbons (Fsp3) is 0.118. The van der Waals surface area contributed by atoms with Gasteiger partial charge in [0.25, 0.3) is 0 Å². The minimum absolute atomic E-state index is 0.215. The number of nitrogens with one attached hydrogen (secondary N) is 3. The number of carbonyl (C=O) groups is 1. The zero-order valence-corrected chi connectivity index (χ0v) is 16.1. The van der Waals surface area contributed by atoms with Crippen LogP contribution in [0, 0.1) is 0 Å². The number of carbonyl (C=O) groups excluding carboxylic acids is 1. The van der Waals surface area contributed by atoms with Crippen molar-refractivity contribution in [2.75, 3.05) is 5.32 Å². The van der Waals surface area contributed by atoms with Crippen molar-refractivity contribution >= 4 is 46.0 Å². The van der Waals surface area contributed by atoms with Crippen LogP contribution in [0.25, 0.3) is 16.7 Å². The van der Waals surface area contributed by atoms with Crippen LogP contribution >= 0.6 is 23.4 Å². The SMILES string of the molecule is CC(Sc1nnnn1-c1ccc(Cl)cc1)C(=O)Nc1ccc2[nH]c(=O)[nH]c2c1. The molecule has 9 nitrogen and oxygen atoms in total. The van der Waals surface area contributed by atoms with Gasteiger partial charge in [0.1, 0.15) is 0 Å². The van der Waals surface area contributed by atoms with E-state index >= 15 is 0 Å². The van der Waals surface area contributed by atoms with Crippen molar-refractivity contribution in [3.05, 3.63) is 58.0 Å². The number of rotatable bonds is 5. The number of fused-ring (bicyclic) bond motifs is 1. The van der Waals surface area contributed by atoms with Crippen LogP contribution in [-0.2, 0) is 4.79 Å². The molecule has 0 aliphatic rings. The van der Waals surface area contributed by atoms with Crippen molar-refractivity contribution in [1.82, 2.24) is 30.2 Å². The van der Waals surface area contributed by atoms with Gasteiger partial charge in [-0.1, -0.05) is 23.4 Å². The molecule has 4 aromatic rings. The molecule has 0 saturated heterocycles. The van der Waals surface area contributed by atoms with Gasteiger partial charge >= 0.3 is 5.69 Å². The summed E-state index contributed by atoms with van der Waals surface area (Å²) in [4.78, 5) is 29.2. The molecule has 142 valence electrons. The summed E-state index contributed by atoms with van der Waals surface area (Å²) in [6.45, 7) is 1.76. The molecular formula is C17H14ClN7O2S. The Balaban J connectivity index is 1.48. The highest BCUT2D eigenvalue weighted by Gasteiger charge is 2.19. The highest BCUT2D eigenvalue weighted by molar-refractivity contribution is 8.00. The third-order valence-corrected chi connectivity index (χ3v) is 5.23. The molecule has 3 N–H and O–H groups in total. The number of hydrogen-bond donors (Lipinski definition) is 3. The Morgan fingerprint density at radius 3 is 2.71 bits per heavy atom. The first-order valence-corrected chi connectivity index (χ1v) is 9.49. The normalized spacial score (nSPS) is 12.2. The summed E-state index contributed by atoms with van der Waals surface area (Å²) in [5.74, 6) is -0.215. The molecule has 0 saturated carbocycles. The second-order valence-electron chi connectivity index (χ2n) is 5.94. The van der Waals surface area contributed by atoms with Crippen molar-refractivity contribution in [3.8, 4) is 5.69 Å². The van der Waals surface area contributed by atoms with Crippen molar-refractivity contribution in [1.29, 1.82) is 0 Å². The van der Waals surface area contributed by atoms with E-state index < -0.39 is 5.25 Å². The minimum Gasteiger partial charge on any atom is -0.325 e. The average Bonchev–Trinajstić information content (AvgIpc) is 3.27. The molecular weight excluding hydrogens is 402 g/mol. The van der Waals surface area contributed by atoms with Gasteiger partial charge in [-0.15, -0.1) is 5.10 Å². The lowest BCUT2D eigenvalue weighted by atomic mass is 10.2. The molecule has 0 bridgehead atoms. The van der Waals surface area contributed by atoms with E-state index in [-0.39, 0.29) is 11.6 Å². The Kier molecular flexibility index (Phi) is 4.88. The van der Waals surface area contributed by atoms with Crippen LogP contribution in [-0.4, -0.2) is 41.3 Å². The third kappa shape index (κ3) is 3.78. The molecule has 2 aromatic heterocycles. The fourth-order valence-corrected chi connectivity index (χ4v) is 3.50. The number of nitrogens with zero attached hydrogens (tertiary/aromatic N) is 4. The van der Waals surface area contributed by atoms with Crippen molar-refractivity contribution in [2.45, 2.75) is 17.3 Å². The Morgan fingerprint density at radius 2 is 1.93 bits per heavy atom. The summed E-state index contributed by atoms with van der Waals surface area (Å²) in [6, 6.07) is 12.2. The maximum absolute atomic E-state index is 12.6. The second kappa shape index (κ2) is 7.49. The number of tetrazole rings is 1. The summed E-state index contributed by atoms with van der Waals surface area (Å²) >= 11 is 7.14. The molecule has 0 radical (unpaired) electrons. The van der Waals surface area contributed by atoms with Crippen LogP contribution in [0.4, 0.5) is 5.69 Å². The lowest BCUT2D eigenvalue weighted by Gasteiger charge is -2.12. The van der Waals surface area contributed by atoms with Crippen LogP contribution in [0.5, 0.6) is 0 Å². The zero-order valence-electron chi connectivity index (χ0n) is 14.5. The summed E-state index contributed by atoms with van der Waals surface area (Å²) in [5, 5.41) is 15.1. The molecule has 0 spiro atoms. The lowest BCUT2D eigenvalue weighted by Crippen LogP contribution is -2.22. The summed E-state index contributed by atoms with van der Waals surface area (Å²) in [5.41, 5.74) is 2.32. The van der Waals surface area contributed by atoms with Crippen molar-refractivity contribution < 1.29 is 4.79 Å². The van der Waals surface area contributed by atoms with Crippen LogP contribution < -0.4 is 11.0 Å². The number of aromatic nitrogens is 6. The molecule has 28 heavy (non-hydrogen) atoms. The van der Waals surface area contributed by atoms with Gasteiger partial charge in [-0.3, -0.25) is 4.79 Å². The van der Waals surface area contributed by atoms with Gasteiger partial charge in [-0.25, -0.2) is 4.79 Å². The Bertz CT molecular complexity index is 1200. The predicted molar refractivity (Wildman–Crippen MR) is 107 cm³/mol. The lowest BCUT2D eigenvalue weighted by molar-refractivity contribution is -0.115. The molecule has 0 aliphatic carbocycles. The van der Waals surface area contributed by atoms with E-state index in [0.29, 0.717) is 26.9 Å². The van der Waals surface area contributed by atoms with Crippen LogP contribution in [0.2, 0.25) is 5.02 Å². The molecule has 2 heterocycles. The molecule has 4 rings (SSSR count). The Morgan fingerprint density at radius 1 is 1.18 bits per heavy atom. The van der Waals surface area contributed by atoms with Crippen LogP contribution in [0.3, 0.4) is 0 Å². The number of anilines is 1. The summed E-state index contributed by atoms with van der Waals surface area (Å²) in [7, 11) is 0. The van der Waals surface area contributed by atoms with Gasteiger partial charge in [-0.05, 0) is 59.8 Å². The van der Waals surface area contributed by atoms with E-state index in [2.05, 4.69) is 30.8 Å². The number of aromatic amines is 2.